The molecule has 7 nitrogen and oxygen atoms in total. The number of pyridine rings is 1. The number of hydrogen-bond donors (Lipinski definition) is 1. The number of likely N-dealkylation sites (N-methyl/N-ethyl adjacent to an activating group) is 1. The number of amides is 1. The molecule has 2 saturated heterocycles. The van der Waals surface area contributed by atoms with Gasteiger partial charge in [-0.15, -0.1) is 0 Å². The van der Waals surface area contributed by atoms with Crippen molar-refractivity contribution in [2.24, 2.45) is 0 Å². The minimum atomic E-state index is -0.265. The first-order valence-electron chi connectivity index (χ1n) is 8.49. The second kappa shape index (κ2) is 6.94. The smallest absolute Gasteiger partial charge is 0.293 e. The Hall–Kier alpha value is -1.86. The number of piperazine rings is 1. The van der Waals surface area contributed by atoms with Crippen LogP contribution in [-0.2, 0) is 11.3 Å². The van der Waals surface area contributed by atoms with Crippen molar-refractivity contribution in [2.75, 3.05) is 46.9 Å². The molecule has 0 unspecified atom stereocenters. The number of ether oxygens (including phenoxy) is 1. The normalized spacial score (nSPS) is 21.0. The van der Waals surface area contributed by atoms with Crippen LogP contribution in [0.3, 0.4) is 0 Å². The molecule has 132 valence electrons. The molecule has 2 aliphatic heterocycles. The summed E-state index contributed by atoms with van der Waals surface area (Å²) >= 11 is 0. The molecule has 2 aliphatic rings. The number of nitrogens with zero attached hydrogens (tertiary/aromatic N) is 3. The van der Waals surface area contributed by atoms with Gasteiger partial charge in [-0.25, -0.2) is 0 Å². The highest BCUT2D eigenvalue weighted by Crippen LogP contribution is 2.29. The fourth-order valence-electron chi connectivity index (χ4n) is 3.75. The first-order valence-corrected chi connectivity index (χ1v) is 8.49. The lowest BCUT2D eigenvalue weighted by Gasteiger charge is -2.51. The Morgan fingerprint density at radius 3 is 2.79 bits per heavy atom. The van der Waals surface area contributed by atoms with Crippen LogP contribution in [0.5, 0.6) is 5.75 Å². The van der Waals surface area contributed by atoms with Crippen molar-refractivity contribution in [1.82, 2.24) is 19.7 Å². The van der Waals surface area contributed by atoms with Gasteiger partial charge in [0.05, 0.1) is 7.11 Å². The second-order valence-corrected chi connectivity index (χ2v) is 6.72. The van der Waals surface area contributed by atoms with Crippen LogP contribution in [0.1, 0.15) is 12.8 Å². The van der Waals surface area contributed by atoms with E-state index in [2.05, 4.69) is 17.3 Å². The first kappa shape index (κ1) is 17.0. The van der Waals surface area contributed by atoms with Crippen molar-refractivity contribution in [1.29, 1.82) is 0 Å². The van der Waals surface area contributed by atoms with Crippen molar-refractivity contribution in [3.05, 3.63) is 28.7 Å². The van der Waals surface area contributed by atoms with Gasteiger partial charge in [-0.05, 0) is 45.1 Å². The standard InChI is InChI=1S/C17H26N4O3/c1-19-10-11-21(13-17(19)5-7-18-8-6-17)15(22)12-20-9-3-4-14(24-2)16(20)23/h3-4,9,18H,5-8,10-13H2,1-2H3. The maximum atomic E-state index is 12.7. The Morgan fingerprint density at radius 1 is 1.33 bits per heavy atom. The Balaban J connectivity index is 1.72. The van der Waals surface area contributed by atoms with Gasteiger partial charge >= 0.3 is 0 Å². The van der Waals surface area contributed by atoms with Gasteiger partial charge in [0, 0.05) is 31.4 Å². The summed E-state index contributed by atoms with van der Waals surface area (Å²) in [5, 5.41) is 3.39. The lowest BCUT2D eigenvalue weighted by Crippen LogP contribution is -2.65. The van der Waals surface area contributed by atoms with Gasteiger partial charge in [0.15, 0.2) is 5.75 Å². The van der Waals surface area contributed by atoms with E-state index in [9.17, 15) is 9.59 Å². The molecule has 0 aromatic carbocycles. The van der Waals surface area contributed by atoms with Crippen LogP contribution in [-0.4, -0.2) is 72.7 Å². The molecule has 1 aromatic rings. The van der Waals surface area contributed by atoms with E-state index in [4.69, 9.17) is 4.74 Å². The van der Waals surface area contributed by atoms with Gasteiger partial charge < -0.3 is 19.5 Å². The van der Waals surface area contributed by atoms with Crippen LogP contribution in [0.4, 0.5) is 0 Å². The van der Waals surface area contributed by atoms with Crippen LogP contribution in [0.25, 0.3) is 0 Å². The number of aromatic nitrogens is 1. The van der Waals surface area contributed by atoms with E-state index in [1.165, 1.54) is 11.7 Å². The zero-order chi connectivity index (χ0) is 17.2. The number of carbonyl (C=O) groups is 1. The number of carbonyl (C=O) groups excluding carboxylic acids is 1. The Morgan fingerprint density at radius 2 is 2.08 bits per heavy atom. The van der Waals surface area contributed by atoms with E-state index in [1.807, 2.05) is 4.90 Å². The van der Waals surface area contributed by atoms with E-state index in [-0.39, 0.29) is 29.3 Å². The number of methoxy groups -OCH3 is 1. The molecule has 7 heteroatoms. The third-order valence-electron chi connectivity index (χ3n) is 5.40. The van der Waals surface area contributed by atoms with Gasteiger partial charge in [-0.1, -0.05) is 0 Å². The molecular formula is C17H26N4O3. The second-order valence-electron chi connectivity index (χ2n) is 6.72. The fourth-order valence-corrected chi connectivity index (χ4v) is 3.75. The molecule has 0 radical (unpaired) electrons. The van der Waals surface area contributed by atoms with Crippen molar-refractivity contribution in [3.63, 3.8) is 0 Å². The van der Waals surface area contributed by atoms with Crippen molar-refractivity contribution in [3.8, 4) is 5.75 Å². The van der Waals surface area contributed by atoms with E-state index in [0.29, 0.717) is 6.54 Å². The Labute approximate surface area is 142 Å². The summed E-state index contributed by atoms with van der Waals surface area (Å²) in [6.07, 6.45) is 3.73. The predicted octanol–water partition coefficient (Wildman–Crippen LogP) is -0.247. The molecule has 1 N–H and O–H groups in total. The molecule has 1 amide bonds. The molecule has 0 aliphatic carbocycles. The molecule has 0 bridgehead atoms. The molecule has 1 spiro atoms. The highest BCUT2D eigenvalue weighted by atomic mass is 16.5. The zero-order valence-corrected chi connectivity index (χ0v) is 14.5. The van der Waals surface area contributed by atoms with Crippen LogP contribution in [0.2, 0.25) is 0 Å². The van der Waals surface area contributed by atoms with E-state index < -0.39 is 0 Å². The van der Waals surface area contributed by atoms with E-state index in [1.54, 1.807) is 18.3 Å². The lowest BCUT2D eigenvalue weighted by atomic mass is 9.84. The van der Waals surface area contributed by atoms with Crippen LogP contribution < -0.4 is 15.6 Å². The van der Waals surface area contributed by atoms with Gasteiger partial charge in [0.25, 0.3) is 5.56 Å². The molecular weight excluding hydrogens is 308 g/mol. The van der Waals surface area contributed by atoms with Gasteiger partial charge in [0.2, 0.25) is 5.91 Å². The summed E-state index contributed by atoms with van der Waals surface area (Å²) in [4.78, 5) is 29.3. The molecule has 0 saturated carbocycles. The summed E-state index contributed by atoms with van der Waals surface area (Å²) in [5.74, 6) is 0.259. The van der Waals surface area contributed by atoms with Gasteiger partial charge in [-0.3, -0.25) is 14.5 Å². The Bertz CT molecular complexity index is 651. The minimum absolute atomic E-state index is 0.00337. The SMILES string of the molecule is COc1cccn(CC(=O)N2CCN(C)C3(CCNCC3)C2)c1=O. The summed E-state index contributed by atoms with van der Waals surface area (Å²) in [6, 6.07) is 3.34. The third kappa shape index (κ3) is 3.18. The quantitative estimate of drug-likeness (QED) is 0.826. The molecule has 24 heavy (non-hydrogen) atoms. The van der Waals surface area contributed by atoms with Crippen LogP contribution in [0.15, 0.2) is 23.1 Å². The number of hydrogen-bond acceptors (Lipinski definition) is 5. The van der Waals surface area contributed by atoms with E-state index in [0.717, 1.165) is 39.0 Å². The van der Waals surface area contributed by atoms with Gasteiger partial charge in [0.1, 0.15) is 6.54 Å². The monoisotopic (exact) mass is 334 g/mol. The molecule has 2 fully saturated rings. The maximum absolute atomic E-state index is 12.7. The molecule has 3 heterocycles. The number of nitrogens with one attached hydrogen (secondary N) is 1. The minimum Gasteiger partial charge on any atom is -0.491 e. The van der Waals surface area contributed by atoms with E-state index >= 15 is 0 Å². The summed E-state index contributed by atoms with van der Waals surface area (Å²) in [6.45, 7) is 4.36. The highest BCUT2D eigenvalue weighted by Gasteiger charge is 2.41. The van der Waals surface area contributed by atoms with Gasteiger partial charge in [-0.2, -0.15) is 0 Å². The predicted molar refractivity (Wildman–Crippen MR) is 91.3 cm³/mol. The Kier molecular flexibility index (Phi) is 4.91. The summed E-state index contributed by atoms with van der Waals surface area (Å²) in [7, 11) is 3.62. The summed E-state index contributed by atoms with van der Waals surface area (Å²) in [5.41, 5.74) is -0.197. The molecule has 1 aromatic heterocycles. The highest BCUT2D eigenvalue weighted by molar-refractivity contribution is 5.76. The molecule has 3 rings (SSSR count). The first-order chi connectivity index (χ1) is 11.6. The van der Waals surface area contributed by atoms with Crippen LogP contribution >= 0.6 is 0 Å². The summed E-state index contributed by atoms with van der Waals surface area (Å²) < 4.78 is 6.47. The van der Waals surface area contributed by atoms with Crippen LogP contribution in [0, 0.1) is 0 Å². The largest absolute Gasteiger partial charge is 0.491 e. The van der Waals surface area contributed by atoms with Crippen molar-refractivity contribution in [2.45, 2.75) is 24.9 Å². The fraction of sp³-hybridized carbons (Fsp3) is 0.647. The molecule has 0 atom stereocenters. The third-order valence-corrected chi connectivity index (χ3v) is 5.40. The van der Waals surface area contributed by atoms with Crippen molar-refractivity contribution >= 4 is 5.91 Å². The number of rotatable bonds is 3. The lowest BCUT2D eigenvalue weighted by molar-refractivity contribution is -0.138. The topological polar surface area (TPSA) is 66.8 Å². The van der Waals surface area contributed by atoms with Crippen molar-refractivity contribution < 1.29 is 9.53 Å². The maximum Gasteiger partial charge on any atom is 0.293 e. The average Bonchev–Trinajstić information content (AvgIpc) is 2.60. The average molecular weight is 334 g/mol. The zero-order valence-electron chi connectivity index (χ0n) is 14.5. The number of piperidine rings is 1.